The lowest BCUT2D eigenvalue weighted by Gasteiger charge is -2.15. The number of primary amides is 1. The van der Waals surface area contributed by atoms with Crippen LogP contribution in [0.25, 0.3) is 0 Å². The van der Waals surface area contributed by atoms with Crippen LogP contribution >= 0.6 is 0 Å². The van der Waals surface area contributed by atoms with Crippen LogP contribution in [0.3, 0.4) is 0 Å². The van der Waals surface area contributed by atoms with Crippen molar-refractivity contribution in [3.63, 3.8) is 0 Å². The number of hydrogen-bond acceptors (Lipinski definition) is 6. The number of hydrogen-bond donors (Lipinski definition) is 4. The van der Waals surface area contributed by atoms with Crippen LogP contribution in [-0.4, -0.2) is 43.0 Å². The normalized spacial score (nSPS) is 15.7. The minimum atomic E-state index is -0.618. The van der Waals surface area contributed by atoms with Crippen molar-refractivity contribution in [3.05, 3.63) is 58.9 Å². The summed E-state index contributed by atoms with van der Waals surface area (Å²) in [7, 11) is 0. The molecule has 1 unspecified atom stereocenters. The first-order valence-electron chi connectivity index (χ1n) is 11.1. The smallest absolute Gasteiger partial charge is 0.253 e. The number of amides is 2. The van der Waals surface area contributed by atoms with Gasteiger partial charge in [0, 0.05) is 25.5 Å². The number of ether oxygens (including phenoxy) is 1. The van der Waals surface area contributed by atoms with Crippen LogP contribution < -0.4 is 26.4 Å². The molecule has 1 atom stereocenters. The number of benzene rings is 1. The van der Waals surface area contributed by atoms with Gasteiger partial charge in [-0.05, 0) is 67.2 Å². The zero-order valence-electron chi connectivity index (χ0n) is 18.8. The van der Waals surface area contributed by atoms with E-state index in [1.807, 2.05) is 12.1 Å². The molecule has 0 spiro atoms. The van der Waals surface area contributed by atoms with Crippen molar-refractivity contribution in [2.75, 3.05) is 26.2 Å². The molecule has 2 heterocycles. The van der Waals surface area contributed by atoms with E-state index in [1.54, 1.807) is 0 Å². The fourth-order valence-corrected chi connectivity index (χ4v) is 3.57. The van der Waals surface area contributed by atoms with Gasteiger partial charge in [-0.3, -0.25) is 14.6 Å². The number of pyridine rings is 1. The lowest BCUT2D eigenvalue weighted by molar-refractivity contribution is 0.0950. The van der Waals surface area contributed by atoms with Crippen molar-refractivity contribution < 1.29 is 14.3 Å². The molecule has 0 radical (unpaired) electrons. The van der Waals surface area contributed by atoms with Gasteiger partial charge in [-0.1, -0.05) is 19.9 Å². The van der Waals surface area contributed by atoms with Crippen LogP contribution in [0.4, 0.5) is 0 Å². The molecule has 5 N–H and O–H groups in total. The van der Waals surface area contributed by atoms with E-state index >= 15 is 0 Å². The molecule has 172 valence electrons. The van der Waals surface area contributed by atoms with Crippen LogP contribution in [0.5, 0.6) is 5.75 Å². The largest absolute Gasteiger partial charge is 0.493 e. The highest BCUT2D eigenvalue weighted by molar-refractivity contribution is 5.98. The van der Waals surface area contributed by atoms with E-state index < -0.39 is 5.91 Å². The number of nitrogens with two attached hydrogens (primary N) is 1. The highest BCUT2D eigenvalue weighted by atomic mass is 16.5. The molecule has 1 fully saturated rings. The molecule has 3 rings (SSSR count). The first-order chi connectivity index (χ1) is 15.4. The van der Waals surface area contributed by atoms with Gasteiger partial charge in [0.25, 0.3) is 5.91 Å². The first kappa shape index (κ1) is 23.7. The van der Waals surface area contributed by atoms with Gasteiger partial charge >= 0.3 is 0 Å². The predicted molar refractivity (Wildman–Crippen MR) is 123 cm³/mol. The highest BCUT2D eigenvalue weighted by Gasteiger charge is 2.14. The van der Waals surface area contributed by atoms with Crippen LogP contribution in [-0.2, 0) is 13.1 Å². The predicted octanol–water partition coefficient (Wildman–Crippen LogP) is 1.84. The molecular formula is C24H33N5O3. The molecule has 0 saturated carbocycles. The Bertz CT molecular complexity index is 926. The van der Waals surface area contributed by atoms with Crippen LogP contribution in [0.1, 0.15) is 52.1 Å². The maximum absolute atomic E-state index is 12.5. The molecule has 32 heavy (non-hydrogen) atoms. The van der Waals surface area contributed by atoms with E-state index in [0.717, 1.165) is 43.1 Å². The zero-order valence-corrected chi connectivity index (χ0v) is 18.8. The molecule has 0 aliphatic carbocycles. The fraction of sp³-hybridized carbons (Fsp3) is 0.458. The maximum atomic E-state index is 12.5. The quantitative estimate of drug-likeness (QED) is 0.424. The third kappa shape index (κ3) is 7.32. The van der Waals surface area contributed by atoms with Crippen LogP contribution in [0.15, 0.2) is 36.7 Å². The Balaban J connectivity index is 1.64. The molecule has 8 heteroatoms. The lowest BCUT2D eigenvalue weighted by atomic mass is 10.1. The second kappa shape index (κ2) is 11.6. The number of aromatic nitrogens is 1. The Hall–Kier alpha value is -2.97. The molecule has 2 amide bonds. The number of carbonyl (C=O) groups excluding carboxylic acids is 2. The van der Waals surface area contributed by atoms with E-state index in [2.05, 4.69) is 40.8 Å². The Labute approximate surface area is 189 Å². The zero-order chi connectivity index (χ0) is 22.9. The van der Waals surface area contributed by atoms with Crippen LogP contribution in [0, 0.1) is 11.8 Å². The molecule has 2 aromatic rings. The SMILES string of the molecule is CC(C)COc1cc(CNCC2CCNC2)cc(CNC(=O)c2cncc(C(N)=O)c2)c1. The second-order valence-electron chi connectivity index (χ2n) is 8.69. The Morgan fingerprint density at radius 2 is 1.91 bits per heavy atom. The molecule has 1 aliphatic heterocycles. The number of nitrogens with zero attached hydrogens (tertiary/aromatic N) is 1. The van der Waals surface area contributed by atoms with E-state index in [-0.39, 0.29) is 11.5 Å². The average molecular weight is 440 g/mol. The maximum Gasteiger partial charge on any atom is 0.253 e. The van der Waals surface area contributed by atoms with Crippen molar-refractivity contribution in [1.29, 1.82) is 0 Å². The minimum absolute atomic E-state index is 0.201. The molecule has 1 aromatic carbocycles. The summed E-state index contributed by atoms with van der Waals surface area (Å²) in [6.07, 6.45) is 3.96. The molecule has 0 bridgehead atoms. The topological polar surface area (TPSA) is 118 Å². The summed E-state index contributed by atoms with van der Waals surface area (Å²) in [5, 5.41) is 9.81. The van der Waals surface area contributed by atoms with Gasteiger partial charge in [0.1, 0.15) is 5.75 Å². The van der Waals surface area contributed by atoms with Gasteiger partial charge in [0.15, 0.2) is 0 Å². The van der Waals surface area contributed by atoms with E-state index in [4.69, 9.17) is 10.5 Å². The van der Waals surface area contributed by atoms with Crippen molar-refractivity contribution in [2.45, 2.75) is 33.4 Å². The Morgan fingerprint density at radius 3 is 2.59 bits per heavy atom. The summed E-state index contributed by atoms with van der Waals surface area (Å²) in [6, 6.07) is 7.51. The molecule has 1 aliphatic rings. The monoisotopic (exact) mass is 439 g/mol. The van der Waals surface area contributed by atoms with E-state index in [9.17, 15) is 9.59 Å². The molecule has 1 aromatic heterocycles. The van der Waals surface area contributed by atoms with Crippen molar-refractivity contribution in [3.8, 4) is 5.75 Å². The van der Waals surface area contributed by atoms with E-state index in [0.29, 0.717) is 30.6 Å². The molecule has 1 saturated heterocycles. The molecule has 8 nitrogen and oxygen atoms in total. The minimum Gasteiger partial charge on any atom is -0.493 e. The van der Waals surface area contributed by atoms with Crippen molar-refractivity contribution in [2.24, 2.45) is 17.6 Å². The van der Waals surface area contributed by atoms with Crippen molar-refractivity contribution in [1.82, 2.24) is 20.9 Å². The van der Waals surface area contributed by atoms with Gasteiger partial charge in [-0.25, -0.2) is 0 Å². The van der Waals surface area contributed by atoms with Crippen molar-refractivity contribution >= 4 is 11.8 Å². The van der Waals surface area contributed by atoms with Crippen LogP contribution in [0.2, 0.25) is 0 Å². The second-order valence-corrected chi connectivity index (χ2v) is 8.69. The Kier molecular flexibility index (Phi) is 8.58. The first-order valence-corrected chi connectivity index (χ1v) is 11.1. The van der Waals surface area contributed by atoms with Gasteiger partial charge in [0.05, 0.1) is 17.7 Å². The summed E-state index contributed by atoms with van der Waals surface area (Å²) in [4.78, 5) is 27.8. The average Bonchev–Trinajstić information content (AvgIpc) is 3.29. The number of carbonyl (C=O) groups is 2. The molecular weight excluding hydrogens is 406 g/mol. The van der Waals surface area contributed by atoms with Gasteiger partial charge in [0.2, 0.25) is 5.91 Å². The standard InChI is InChI=1S/C24H33N5O3/c1-16(2)15-32-22-6-18(11-27-10-17-3-4-26-9-17)5-19(7-22)12-29-24(31)21-8-20(23(25)30)13-28-14-21/h5-8,13-14,16-17,26-27H,3-4,9-12,15H2,1-2H3,(H2,25,30)(H,29,31). The third-order valence-corrected chi connectivity index (χ3v) is 5.27. The van der Waals surface area contributed by atoms with Gasteiger partial charge in [-0.2, -0.15) is 0 Å². The number of rotatable bonds is 11. The summed E-state index contributed by atoms with van der Waals surface area (Å²) in [6.45, 7) is 9.04. The summed E-state index contributed by atoms with van der Waals surface area (Å²) in [5.41, 5.74) is 7.82. The fourth-order valence-electron chi connectivity index (χ4n) is 3.57. The van der Waals surface area contributed by atoms with Gasteiger partial charge in [-0.15, -0.1) is 0 Å². The number of nitrogens with one attached hydrogen (secondary N) is 3. The summed E-state index contributed by atoms with van der Waals surface area (Å²) < 4.78 is 5.95. The lowest BCUT2D eigenvalue weighted by Crippen LogP contribution is -2.25. The third-order valence-electron chi connectivity index (χ3n) is 5.27. The van der Waals surface area contributed by atoms with E-state index in [1.165, 1.54) is 24.9 Å². The Morgan fingerprint density at radius 1 is 1.16 bits per heavy atom. The highest BCUT2D eigenvalue weighted by Crippen LogP contribution is 2.19. The van der Waals surface area contributed by atoms with Gasteiger partial charge < -0.3 is 26.4 Å². The summed E-state index contributed by atoms with van der Waals surface area (Å²) >= 11 is 0. The summed E-state index contributed by atoms with van der Waals surface area (Å²) in [5.74, 6) is 0.941.